The van der Waals surface area contributed by atoms with E-state index in [2.05, 4.69) is 5.32 Å². The van der Waals surface area contributed by atoms with E-state index in [0.717, 1.165) is 25.0 Å². The van der Waals surface area contributed by atoms with Crippen LogP contribution in [0.4, 0.5) is 5.69 Å². The molecular formula is C16H19N3O5S. The van der Waals surface area contributed by atoms with Crippen LogP contribution in [0.25, 0.3) is 0 Å². The van der Waals surface area contributed by atoms with Crippen molar-refractivity contribution in [2.75, 3.05) is 12.3 Å². The monoisotopic (exact) mass is 365 g/mol. The number of hydrogen-bond acceptors (Lipinski definition) is 6. The summed E-state index contributed by atoms with van der Waals surface area (Å²) in [5.41, 5.74) is -0.176. The summed E-state index contributed by atoms with van der Waals surface area (Å²) >= 11 is 0. The highest BCUT2D eigenvalue weighted by atomic mass is 32.2. The SMILES string of the molecule is N#CCNC(=O)[C@@H]1CCCC[C@H]1CS(=O)(=O)c1ccc([N+](=O)[O-])cc1. The first kappa shape index (κ1) is 18.9. The highest BCUT2D eigenvalue weighted by Crippen LogP contribution is 2.33. The summed E-state index contributed by atoms with van der Waals surface area (Å²) in [6, 6.07) is 6.60. The molecule has 2 atom stereocenters. The largest absolute Gasteiger partial charge is 0.343 e. The van der Waals surface area contributed by atoms with Gasteiger partial charge in [0, 0.05) is 18.1 Å². The summed E-state index contributed by atoms with van der Waals surface area (Å²) < 4.78 is 25.2. The zero-order valence-electron chi connectivity index (χ0n) is 13.6. The van der Waals surface area contributed by atoms with Gasteiger partial charge in [0.1, 0.15) is 6.54 Å². The molecule has 0 saturated heterocycles. The molecule has 1 amide bonds. The second-order valence-corrected chi connectivity index (χ2v) is 8.09. The van der Waals surface area contributed by atoms with E-state index in [-0.39, 0.29) is 34.7 Å². The number of hydrogen-bond donors (Lipinski definition) is 1. The second kappa shape index (κ2) is 8.07. The Balaban J connectivity index is 2.15. The Labute approximate surface area is 145 Å². The Morgan fingerprint density at radius 1 is 1.28 bits per heavy atom. The highest BCUT2D eigenvalue weighted by Gasteiger charge is 2.34. The molecule has 1 N–H and O–H groups in total. The Hall–Kier alpha value is -2.47. The summed E-state index contributed by atoms with van der Waals surface area (Å²) in [4.78, 5) is 22.3. The molecule has 1 saturated carbocycles. The fraction of sp³-hybridized carbons (Fsp3) is 0.500. The zero-order valence-corrected chi connectivity index (χ0v) is 14.4. The van der Waals surface area contributed by atoms with Crippen LogP contribution in [-0.2, 0) is 14.6 Å². The zero-order chi connectivity index (χ0) is 18.4. The molecule has 0 heterocycles. The van der Waals surface area contributed by atoms with Gasteiger partial charge < -0.3 is 5.32 Å². The van der Waals surface area contributed by atoms with Crippen molar-refractivity contribution in [2.24, 2.45) is 11.8 Å². The highest BCUT2D eigenvalue weighted by molar-refractivity contribution is 7.91. The third-order valence-electron chi connectivity index (χ3n) is 4.43. The quantitative estimate of drug-likeness (QED) is 0.465. The van der Waals surface area contributed by atoms with E-state index in [1.165, 1.54) is 12.1 Å². The first-order valence-electron chi connectivity index (χ1n) is 7.97. The van der Waals surface area contributed by atoms with Crippen molar-refractivity contribution < 1.29 is 18.1 Å². The average Bonchev–Trinajstić information content (AvgIpc) is 2.60. The van der Waals surface area contributed by atoms with Gasteiger partial charge in [0.25, 0.3) is 5.69 Å². The number of sulfone groups is 1. The van der Waals surface area contributed by atoms with Crippen LogP contribution in [0.5, 0.6) is 0 Å². The lowest BCUT2D eigenvalue weighted by atomic mass is 9.80. The van der Waals surface area contributed by atoms with Gasteiger partial charge in [-0.05, 0) is 30.9 Å². The molecule has 9 heteroatoms. The molecule has 2 rings (SSSR count). The van der Waals surface area contributed by atoms with Crippen molar-refractivity contribution in [2.45, 2.75) is 30.6 Å². The van der Waals surface area contributed by atoms with E-state index in [4.69, 9.17) is 5.26 Å². The molecule has 1 aromatic carbocycles. The molecule has 25 heavy (non-hydrogen) atoms. The molecule has 8 nitrogen and oxygen atoms in total. The molecule has 1 aliphatic rings. The molecule has 0 aromatic heterocycles. The predicted molar refractivity (Wildman–Crippen MR) is 89.2 cm³/mol. The Morgan fingerprint density at radius 2 is 1.92 bits per heavy atom. The molecular weight excluding hydrogens is 346 g/mol. The number of benzene rings is 1. The third kappa shape index (κ3) is 4.76. The fourth-order valence-corrected chi connectivity index (χ4v) is 4.87. The van der Waals surface area contributed by atoms with Crippen molar-refractivity contribution in [3.63, 3.8) is 0 Å². The van der Waals surface area contributed by atoms with Gasteiger partial charge in [-0.15, -0.1) is 0 Å². The molecule has 1 fully saturated rings. The number of nitrogens with one attached hydrogen (secondary N) is 1. The molecule has 0 radical (unpaired) electrons. The minimum absolute atomic E-state index is 0.0138. The molecule has 0 unspecified atom stereocenters. The molecule has 0 bridgehead atoms. The molecule has 1 aliphatic carbocycles. The number of carbonyl (C=O) groups is 1. The maximum Gasteiger partial charge on any atom is 0.269 e. The number of non-ortho nitro benzene ring substituents is 1. The summed E-state index contributed by atoms with van der Waals surface area (Å²) in [6.45, 7) is -0.100. The number of nitro groups is 1. The minimum Gasteiger partial charge on any atom is -0.343 e. The van der Waals surface area contributed by atoms with Crippen molar-refractivity contribution in [1.29, 1.82) is 5.26 Å². The lowest BCUT2D eigenvalue weighted by Gasteiger charge is -2.30. The van der Waals surface area contributed by atoms with Crippen LogP contribution in [0.3, 0.4) is 0 Å². The lowest BCUT2D eigenvalue weighted by Crippen LogP contribution is -2.39. The van der Waals surface area contributed by atoms with Crippen LogP contribution in [0, 0.1) is 33.3 Å². The van der Waals surface area contributed by atoms with E-state index in [1.807, 2.05) is 6.07 Å². The minimum atomic E-state index is -3.66. The maximum absolute atomic E-state index is 12.6. The van der Waals surface area contributed by atoms with Crippen LogP contribution in [0.2, 0.25) is 0 Å². The van der Waals surface area contributed by atoms with Gasteiger partial charge in [0.2, 0.25) is 5.91 Å². The Morgan fingerprint density at radius 3 is 2.52 bits per heavy atom. The summed E-state index contributed by atoms with van der Waals surface area (Å²) in [6.07, 6.45) is 2.91. The van der Waals surface area contributed by atoms with Crippen molar-refractivity contribution in [3.05, 3.63) is 34.4 Å². The molecule has 1 aromatic rings. The number of nitrogens with zero attached hydrogens (tertiary/aromatic N) is 2. The Kier molecular flexibility index (Phi) is 6.09. The van der Waals surface area contributed by atoms with Crippen LogP contribution in [-0.4, -0.2) is 31.5 Å². The van der Waals surface area contributed by atoms with Crippen LogP contribution in [0.1, 0.15) is 25.7 Å². The number of rotatable bonds is 6. The average molecular weight is 365 g/mol. The van der Waals surface area contributed by atoms with Gasteiger partial charge in [0.05, 0.1) is 21.6 Å². The van der Waals surface area contributed by atoms with Gasteiger partial charge in [-0.1, -0.05) is 12.8 Å². The van der Waals surface area contributed by atoms with E-state index in [9.17, 15) is 23.3 Å². The van der Waals surface area contributed by atoms with E-state index in [0.29, 0.717) is 12.8 Å². The first-order valence-corrected chi connectivity index (χ1v) is 9.62. The summed E-state index contributed by atoms with van der Waals surface area (Å²) in [5.74, 6) is -1.23. The third-order valence-corrected chi connectivity index (χ3v) is 6.29. The number of nitriles is 1. The summed E-state index contributed by atoms with van der Waals surface area (Å²) in [7, 11) is -3.66. The van der Waals surface area contributed by atoms with Crippen molar-refractivity contribution in [3.8, 4) is 6.07 Å². The Bertz CT molecular complexity index is 783. The van der Waals surface area contributed by atoms with E-state index >= 15 is 0 Å². The predicted octanol–water partition coefficient (Wildman–Crippen LogP) is 1.81. The van der Waals surface area contributed by atoms with Gasteiger partial charge in [-0.2, -0.15) is 5.26 Å². The van der Waals surface area contributed by atoms with E-state index in [1.54, 1.807) is 0 Å². The lowest BCUT2D eigenvalue weighted by molar-refractivity contribution is -0.384. The van der Waals surface area contributed by atoms with Crippen molar-refractivity contribution in [1.82, 2.24) is 5.32 Å². The topological polar surface area (TPSA) is 130 Å². The normalized spacial score (nSPS) is 20.4. The fourth-order valence-electron chi connectivity index (χ4n) is 3.16. The number of nitro benzene ring substituents is 1. The maximum atomic E-state index is 12.6. The van der Waals surface area contributed by atoms with Gasteiger partial charge in [-0.25, -0.2) is 8.42 Å². The summed E-state index contributed by atoms with van der Waals surface area (Å²) in [5, 5.41) is 21.7. The van der Waals surface area contributed by atoms with E-state index < -0.39 is 20.7 Å². The first-order chi connectivity index (χ1) is 11.8. The molecule has 0 aliphatic heterocycles. The van der Waals surface area contributed by atoms with Gasteiger partial charge in [0.15, 0.2) is 9.84 Å². The van der Waals surface area contributed by atoms with Crippen LogP contribution < -0.4 is 5.32 Å². The van der Waals surface area contributed by atoms with Crippen LogP contribution >= 0.6 is 0 Å². The smallest absolute Gasteiger partial charge is 0.269 e. The van der Waals surface area contributed by atoms with Gasteiger partial charge in [-0.3, -0.25) is 14.9 Å². The molecule has 0 spiro atoms. The standard InChI is InChI=1S/C16H19N3O5S/c17-9-10-18-16(20)15-4-2-1-3-12(15)11-25(23,24)14-7-5-13(6-8-14)19(21)22/h5-8,12,15H,1-4,10-11H2,(H,18,20)/t12-,15+/m0/s1. The molecule has 134 valence electrons. The number of carbonyl (C=O) groups excluding carboxylic acids is 1. The van der Waals surface area contributed by atoms with Crippen molar-refractivity contribution >= 4 is 21.4 Å². The van der Waals surface area contributed by atoms with Gasteiger partial charge >= 0.3 is 0 Å². The van der Waals surface area contributed by atoms with Crippen LogP contribution in [0.15, 0.2) is 29.2 Å². The number of amides is 1. The second-order valence-electron chi connectivity index (χ2n) is 6.06.